The maximum absolute atomic E-state index is 9.08. The zero-order valence-corrected chi connectivity index (χ0v) is 12.6. The van der Waals surface area contributed by atoms with E-state index in [0.29, 0.717) is 16.0 Å². The minimum atomic E-state index is 0.107. The number of rotatable bonds is 6. The van der Waals surface area contributed by atoms with Crippen molar-refractivity contribution in [2.75, 3.05) is 6.61 Å². The number of hydrogen-bond donors (Lipinski definition) is 2. The van der Waals surface area contributed by atoms with Gasteiger partial charge in [-0.1, -0.05) is 37.0 Å². The molecule has 2 nitrogen and oxygen atoms in total. The fraction of sp³-hybridized carbons (Fsp3) is 0.571. The van der Waals surface area contributed by atoms with Crippen molar-refractivity contribution >= 4 is 23.2 Å². The van der Waals surface area contributed by atoms with Gasteiger partial charge in [0.15, 0.2) is 0 Å². The topological polar surface area (TPSA) is 32.3 Å². The molecule has 4 heteroatoms. The Bertz CT molecular complexity index is 382. The van der Waals surface area contributed by atoms with Gasteiger partial charge in [-0.05, 0) is 43.0 Å². The van der Waals surface area contributed by atoms with E-state index in [4.69, 9.17) is 28.3 Å². The molecular formula is C14H21Cl2NO. The molecule has 0 aliphatic carbocycles. The molecule has 2 unspecified atom stereocenters. The van der Waals surface area contributed by atoms with Gasteiger partial charge in [-0.25, -0.2) is 0 Å². The zero-order valence-electron chi connectivity index (χ0n) is 11.1. The molecule has 1 aromatic rings. The highest BCUT2D eigenvalue weighted by Crippen LogP contribution is 2.27. The van der Waals surface area contributed by atoms with Crippen molar-refractivity contribution in [3.05, 3.63) is 33.8 Å². The fourth-order valence-corrected chi connectivity index (χ4v) is 2.47. The predicted octanol–water partition coefficient (Wildman–Crippen LogP) is 4.05. The first-order valence-corrected chi connectivity index (χ1v) is 7.03. The van der Waals surface area contributed by atoms with Crippen LogP contribution in [0.2, 0.25) is 10.0 Å². The SMILES string of the molecule is CC(NC(CCO)C(C)C)c1cc(Cl)ccc1Cl. The van der Waals surface area contributed by atoms with E-state index in [0.717, 1.165) is 12.0 Å². The van der Waals surface area contributed by atoms with Gasteiger partial charge in [0.05, 0.1) is 0 Å². The van der Waals surface area contributed by atoms with Crippen LogP contribution in [-0.2, 0) is 0 Å². The van der Waals surface area contributed by atoms with E-state index in [-0.39, 0.29) is 18.7 Å². The number of nitrogens with one attached hydrogen (secondary N) is 1. The highest BCUT2D eigenvalue weighted by Gasteiger charge is 2.18. The Hall–Kier alpha value is -0.280. The third-order valence-corrected chi connectivity index (χ3v) is 3.71. The van der Waals surface area contributed by atoms with Crippen molar-refractivity contribution < 1.29 is 5.11 Å². The van der Waals surface area contributed by atoms with E-state index in [1.54, 1.807) is 6.07 Å². The Morgan fingerprint density at radius 1 is 1.22 bits per heavy atom. The second-order valence-electron chi connectivity index (χ2n) is 4.92. The predicted molar refractivity (Wildman–Crippen MR) is 78.3 cm³/mol. The van der Waals surface area contributed by atoms with Crippen LogP contribution in [0.5, 0.6) is 0 Å². The summed E-state index contributed by atoms with van der Waals surface area (Å²) in [5, 5.41) is 14.0. The standard InChI is InChI=1S/C14H21Cl2NO/c1-9(2)14(6-7-18)17-10(3)12-8-11(15)4-5-13(12)16/h4-5,8-10,14,17-18H,6-7H2,1-3H3. The third kappa shape index (κ3) is 4.43. The lowest BCUT2D eigenvalue weighted by atomic mass is 9.98. The second kappa shape index (κ2) is 7.34. The number of aliphatic hydroxyl groups is 1. The van der Waals surface area contributed by atoms with Gasteiger partial charge in [-0.2, -0.15) is 0 Å². The van der Waals surface area contributed by atoms with Crippen LogP contribution in [0.1, 0.15) is 38.8 Å². The Balaban J connectivity index is 2.79. The summed E-state index contributed by atoms with van der Waals surface area (Å²) in [5.74, 6) is 0.456. The third-order valence-electron chi connectivity index (χ3n) is 3.13. The van der Waals surface area contributed by atoms with E-state index in [1.165, 1.54) is 0 Å². The van der Waals surface area contributed by atoms with Crippen LogP contribution < -0.4 is 5.32 Å². The van der Waals surface area contributed by atoms with E-state index >= 15 is 0 Å². The molecule has 0 aromatic heterocycles. The van der Waals surface area contributed by atoms with Crippen LogP contribution in [0.3, 0.4) is 0 Å². The van der Waals surface area contributed by atoms with Gasteiger partial charge in [0.1, 0.15) is 0 Å². The first-order valence-electron chi connectivity index (χ1n) is 6.27. The highest BCUT2D eigenvalue weighted by molar-refractivity contribution is 6.33. The van der Waals surface area contributed by atoms with Gasteiger partial charge in [0, 0.05) is 28.7 Å². The molecule has 0 fully saturated rings. The van der Waals surface area contributed by atoms with Crippen LogP contribution >= 0.6 is 23.2 Å². The van der Waals surface area contributed by atoms with Gasteiger partial charge in [-0.3, -0.25) is 0 Å². The summed E-state index contributed by atoms with van der Waals surface area (Å²) < 4.78 is 0. The normalized spacial score (nSPS) is 14.8. The fourth-order valence-electron chi connectivity index (χ4n) is 2.01. The maximum atomic E-state index is 9.08. The Kier molecular flexibility index (Phi) is 6.44. The summed E-state index contributed by atoms with van der Waals surface area (Å²) in [6.07, 6.45) is 0.736. The maximum Gasteiger partial charge on any atom is 0.0454 e. The van der Waals surface area contributed by atoms with Gasteiger partial charge in [-0.15, -0.1) is 0 Å². The largest absolute Gasteiger partial charge is 0.396 e. The summed E-state index contributed by atoms with van der Waals surface area (Å²) >= 11 is 12.2. The molecule has 0 aliphatic heterocycles. The molecule has 0 amide bonds. The van der Waals surface area contributed by atoms with Crippen LogP contribution in [0.4, 0.5) is 0 Å². The quantitative estimate of drug-likeness (QED) is 0.828. The average molecular weight is 290 g/mol. The van der Waals surface area contributed by atoms with Crippen molar-refractivity contribution in [2.45, 2.75) is 39.3 Å². The highest BCUT2D eigenvalue weighted by atomic mass is 35.5. The summed E-state index contributed by atoms with van der Waals surface area (Å²) in [6, 6.07) is 5.86. The van der Waals surface area contributed by atoms with Crippen LogP contribution in [0.25, 0.3) is 0 Å². The molecular weight excluding hydrogens is 269 g/mol. The monoisotopic (exact) mass is 289 g/mol. The van der Waals surface area contributed by atoms with Gasteiger partial charge in [0.25, 0.3) is 0 Å². The van der Waals surface area contributed by atoms with E-state index in [1.807, 2.05) is 12.1 Å². The molecule has 0 saturated carbocycles. The molecule has 1 aromatic carbocycles. The minimum Gasteiger partial charge on any atom is -0.396 e. The van der Waals surface area contributed by atoms with Crippen molar-refractivity contribution in [2.24, 2.45) is 5.92 Å². The summed E-state index contributed by atoms with van der Waals surface area (Å²) in [5.41, 5.74) is 0.993. The van der Waals surface area contributed by atoms with E-state index in [9.17, 15) is 0 Å². The summed E-state index contributed by atoms with van der Waals surface area (Å²) in [6.45, 7) is 6.52. The zero-order chi connectivity index (χ0) is 13.7. The van der Waals surface area contributed by atoms with Crippen LogP contribution in [-0.4, -0.2) is 17.8 Å². The Morgan fingerprint density at radius 3 is 2.44 bits per heavy atom. The molecule has 2 atom stereocenters. The lowest BCUT2D eigenvalue weighted by Gasteiger charge is -2.26. The molecule has 0 radical (unpaired) electrons. The van der Waals surface area contributed by atoms with Crippen molar-refractivity contribution in [1.82, 2.24) is 5.32 Å². The molecule has 0 spiro atoms. The molecule has 18 heavy (non-hydrogen) atoms. The molecule has 2 N–H and O–H groups in total. The first-order chi connectivity index (χ1) is 8.45. The van der Waals surface area contributed by atoms with Crippen molar-refractivity contribution in [3.8, 4) is 0 Å². The number of aliphatic hydroxyl groups excluding tert-OH is 1. The van der Waals surface area contributed by atoms with Crippen LogP contribution in [0.15, 0.2) is 18.2 Å². The molecule has 0 bridgehead atoms. The van der Waals surface area contributed by atoms with Gasteiger partial charge in [0.2, 0.25) is 0 Å². The van der Waals surface area contributed by atoms with Crippen molar-refractivity contribution in [3.63, 3.8) is 0 Å². The first kappa shape index (κ1) is 15.8. The second-order valence-corrected chi connectivity index (χ2v) is 5.76. The number of benzene rings is 1. The smallest absolute Gasteiger partial charge is 0.0454 e. The number of hydrogen-bond acceptors (Lipinski definition) is 2. The van der Waals surface area contributed by atoms with Crippen molar-refractivity contribution in [1.29, 1.82) is 0 Å². The summed E-state index contributed by atoms with van der Waals surface area (Å²) in [4.78, 5) is 0. The molecule has 0 heterocycles. The molecule has 102 valence electrons. The average Bonchev–Trinajstić information content (AvgIpc) is 2.31. The molecule has 0 saturated heterocycles. The lowest BCUT2D eigenvalue weighted by molar-refractivity contribution is 0.237. The van der Waals surface area contributed by atoms with Crippen LogP contribution in [0, 0.1) is 5.92 Å². The Labute approximate surface area is 119 Å². The van der Waals surface area contributed by atoms with Gasteiger partial charge >= 0.3 is 0 Å². The molecule has 1 rings (SSSR count). The van der Waals surface area contributed by atoms with E-state index < -0.39 is 0 Å². The number of halogens is 2. The minimum absolute atomic E-state index is 0.107. The summed E-state index contributed by atoms with van der Waals surface area (Å²) in [7, 11) is 0. The van der Waals surface area contributed by atoms with Gasteiger partial charge < -0.3 is 10.4 Å². The van der Waals surface area contributed by atoms with E-state index in [2.05, 4.69) is 26.1 Å². The Morgan fingerprint density at radius 2 is 1.89 bits per heavy atom. The lowest BCUT2D eigenvalue weighted by Crippen LogP contribution is -2.36. The molecule has 0 aliphatic rings.